The second-order valence-electron chi connectivity index (χ2n) is 3.15. The van der Waals surface area contributed by atoms with E-state index in [1.165, 1.54) is 13.3 Å². The predicted octanol–water partition coefficient (Wildman–Crippen LogP) is -0.0973. The number of nitrogens with one attached hydrogen (secondary N) is 1. The number of rotatable bonds is 2. The molecule has 0 radical (unpaired) electrons. The summed E-state index contributed by atoms with van der Waals surface area (Å²) in [4.78, 5) is 29.8. The lowest BCUT2D eigenvalue weighted by Gasteiger charge is -2.04. The van der Waals surface area contributed by atoms with Crippen molar-refractivity contribution in [1.29, 1.82) is 0 Å². The van der Waals surface area contributed by atoms with Gasteiger partial charge in [0.05, 0.1) is 6.61 Å². The van der Waals surface area contributed by atoms with Gasteiger partial charge >= 0.3 is 5.97 Å². The zero-order valence-corrected chi connectivity index (χ0v) is 8.85. The highest BCUT2D eigenvalue weighted by Gasteiger charge is 2.16. The number of carbonyl (C=O) groups is 1. The molecule has 2 rings (SSSR count). The van der Waals surface area contributed by atoms with E-state index in [1.807, 2.05) is 0 Å². The molecule has 2 aromatic rings. The molecule has 0 saturated carbocycles. The van der Waals surface area contributed by atoms with Crippen LogP contribution in [0.4, 0.5) is 0 Å². The van der Waals surface area contributed by atoms with Crippen molar-refractivity contribution in [3.63, 3.8) is 0 Å². The zero-order valence-electron chi connectivity index (χ0n) is 8.85. The van der Waals surface area contributed by atoms with Crippen molar-refractivity contribution >= 4 is 11.7 Å². The number of nitrogens with zero attached hydrogens (tertiary/aromatic N) is 3. The van der Waals surface area contributed by atoms with Gasteiger partial charge in [-0.1, -0.05) is 0 Å². The Morgan fingerprint density at radius 1 is 1.62 bits per heavy atom. The summed E-state index contributed by atoms with van der Waals surface area (Å²) >= 11 is 0. The Labute approximate surface area is 90.1 Å². The Balaban J connectivity index is 2.66. The summed E-state index contributed by atoms with van der Waals surface area (Å²) < 4.78 is 5.92. The Kier molecular flexibility index (Phi) is 2.43. The van der Waals surface area contributed by atoms with Crippen LogP contribution in [0.15, 0.2) is 11.1 Å². The number of aromatic nitrogens is 4. The second kappa shape index (κ2) is 3.76. The van der Waals surface area contributed by atoms with Crippen molar-refractivity contribution in [3.05, 3.63) is 27.9 Å². The average molecular weight is 222 g/mol. The normalized spacial score (nSPS) is 10.6. The van der Waals surface area contributed by atoms with Gasteiger partial charge in [0.2, 0.25) is 5.78 Å². The predicted molar refractivity (Wildman–Crippen MR) is 54.3 cm³/mol. The number of esters is 1. The van der Waals surface area contributed by atoms with E-state index in [9.17, 15) is 9.59 Å². The number of hydrogen-bond acceptors (Lipinski definition) is 5. The van der Waals surface area contributed by atoms with Gasteiger partial charge < -0.3 is 9.72 Å². The smallest absolute Gasteiger partial charge is 0.355 e. The minimum Gasteiger partial charge on any atom is -0.461 e. The summed E-state index contributed by atoms with van der Waals surface area (Å²) in [5.41, 5.74) is -0.00176. The highest BCUT2D eigenvalue weighted by atomic mass is 16.5. The van der Waals surface area contributed by atoms with E-state index in [0.717, 1.165) is 4.52 Å². The highest BCUT2D eigenvalue weighted by molar-refractivity contribution is 5.89. The summed E-state index contributed by atoms with van der Waals surface area (Å²) in [5.74, 6) is -0.346. The molecule has 0 fully saturated rings. The molecule has 1 N–H and O–H groups in total. The monoisotopic (exact) mass is 222 g/mol. The first-order chi connectivity index (χ1) is 7.65. The van der Waals surface area contributed by atoms with E-state index >= 15 is 0 Å². The van der Waals surface area contributed by atoms with Gasteiger partial charge in [-0.05, 0) is 13.8 Å². The molecule has 7 heteroatoms. The molecule has 0 bridgehead atoms. The molecule has 16 heavy (non-hydrogen) atoms. The van der Waals surface area contributed by atoms with E-state index in [-0.39, 0.29) is 29.2 Å². The highest BCUT2D eigenvalue weighted by Crippen LogP contribution is 2.03. The lowest BCUT2D eigenvalue weighted by atomic mass is 10.2. The fourth-order valence-electron chi connectivity index (χ4n) is 1.35. The standard InChI is InChI=1S/C9H10N4O3/c1-3-16-8(15)6-5(2)7(14)13-9(12-6)10-4-11-13/h4H,3H2,1-2H3,(H,10,11,12). The number of carbonyl (C=O) groups excluding carboxylic acids is 1. The van der Waals surface area contributed by atoms with Gasteiger partial charge in [0, 0.05) is 5.56 Å². The van der Waals surface area contributed by atoms with Crippen LogP contribution in [-0.4, -0.2) is 32.2 Å². The Hall–Kier alpha value is -2.18. The molecule has 0 amide bonds. The van der Waals surface area contributed by atoms with Gasteiger partial charge in [0.1, 0.15) is 12.0 Å². The van der Waals surface area contributed by atoms with Gasteiger partial charge in [-0.15, -0.1) is 0 Å². The van der Waals surface area contributed by atoms with Gasteiger partial charge in [0.15, 0.2) is 0 Å². The molecule has 0 spiro atoms. The first-order valence-corrected chi connectivity index (χ1v) is 4.75. The van der Waals surface area contributed by atoms with Crippen molar-refractivity contribution in [2.24, 2.45) is 0 Å². The fraction of sp³-hybridized carbons (Fsp3) is 0.333. The molecule has 0 aliphatic heterocycles. The van der Waals surface area contributed by atoms with Crippen molar-refractivity contribution in [1.82, 2.24) is 19.6 Å². The topological polar surface area (TPSA) is 89.3 Å². The van der Waals surface area contributed by atoms with Crippen LogP contribution in [0, 0.1) is 6.92 Å². The number of hydrogen-bond donors (Lipinski definition) is 1. The van der Waals surface area contributed by atoms with Crippen LogP contribution in [-0.2, 0) is 4.74 Å². The number of H-pyrrole nitrogens is 1. The molecule has 0 aliphatic carbocycles. The molecule has 0 atom stereocenters. The molecule has 2 aromatic heterocycles. The first kappa shape index (κ1) is 10.3. The lowest BCUT2D eigenvalue weighted by molar-refractivity contribution is 0.0518. The van der Waals surface area contributed by atoms with E-state index in [4.69, 9.17) is 4.74 Å². The van der Waals surface area contributed by atoms with Crippen LogP contribution in [0.25, 0.3) is 5.78 Å². The number of ether oxygens (including phenoxy) is 1. The molecule has 0 aromatic carbocycles. The number of aromatic amines is 1. The summed E-state index contributed by atoms with van der Waals surface area (Å²) in [6.07, 6.45) is 1.24. The minimum atomic E-state index is -0.567. The van der Waals surface area contributed by atoms with Crippen LogP contribution < -0.4 is 5.56 Å². The van der Waals surface area contributed by atoms with Gasteiger partial charge in [0.25, 0.3) is 5.56 Å². The maximum Gasteiger partial charge on any atom is 0.355 e. The summed E-state index contributed by atoms with van der Waals surface area (Å²) in [7, 11) is 0. The third-order valence-electron chi connectivity index (χ3n) is 2.15. The van der Waals surface area contributed by atoms with Crippen molar-refractivity contribution in [2.45, 2.75) is 13.8 Å². The van der Waals surface area contributed by atoms with E-state index < -0.39 is 5.97 Å². The molecule has 2 heterocycles. The maximum atomic E-state index is 11.8. The Bertz CT molecular complexity index is 598. The van der Waals surface area contributed by atoms with Crippen LogP contribution >= 0.6 is 0 Å². The minimum absolute atomic E-state index is 0.118. The average Bonchev–Trinajstić information content (AvgIpc) is 2.71. The zero-order chi connectivity index (χ0) is 11.7. The molecule has 7 nitrogen and oxygen atoms in total. The van der Waals surface area contributed by atoms with Crippen molar-refractivity contribution in [2.75, 3.05) is 6.61 Å². The van der Waals surface area contributed by atoms with Crippen molar-refractivity contribution < 1.29 is 9.53 Å². The molecule has 0 unspecified atom stereocenters. The van der Waals surface area contributed by atoms with Gasteiger partial charge in [-0.3, -0.25) is 4.79 Å². The summed E-state index contributed by atoms with van der Waals surface area (Å²) in [5, 5.41) is 3.74. The van der Waals surface area contributed by atoms with Crippen LogP contribution in [0.1, 0.15) is 23.0 Å². The number of fused-ring (bicyclic) bond motifs is 1. The lowest BCUT2D eigenvalue weighted by Crippen LogP contribution is -2.23. The molecular formula is C9H10N4O3. The van der Waals surface area contributed by atoms with E-state index in [2.05, 4.69) is 15.1 Å². The third kappa shape index (κ3) is 1.46. The van der Waals surface area contributed by atoms with Crippen molar-refractivity contribution in [3.8, 4) is 0 Å². The van der Waals surface area contributed by atoms with E-state index in [1.54, 1.807) is 6.92 Å². The first-order valence-electron chi connectivity index (χ1n) is 4.75. The SMILES string of the molecule is CCOC(=O)c1[nH]c2ncnn2c(=O)c1C. The molecule has 0 saturated heterocycles. The van der Waals surface area contributed by atoms with Crippen LogP contribution in [0.5, 0.6) is 0 Å². The maximum absolute atomic E-state index is 11.8. The Morgan fingerprint density at radius 2 is 2.38 bits per heavy atom. The molecular weight excluding hydrogens is 212 g/mol. The molecule has 84 valence electrons. The second-order valence-corrected chi connectivity index (χ2v) is 3.15. The van der Waals surface area contributed by atoms with Gasteiger partial charge in [-0.25, -0.2) is 4.79 Å². The summed E-state index contributed by atoms with van der Waals surface area (Å²) in [6.45, 7) is 3.48. The summed E-state index contributed by atoms with van der Waals surface area (Å²) in [6, 6.07) is 0. The quantitative estimate of drug-likeness (QED) is 0.717. The van der Waals surface area contributed by atoms with E-state index in [0.29, 0.717) is 0 Å². The third-order valence-corrected chi connectivity index (χ3v) is 2.15. The van der Waals surface area contributed by atoms with Crippen LogP contribution in [0.3, 0.4) is 0 Å². The van der Waals surface area contributed by atoms with Gasteiger partial charge in [-0.2, -0.15) is 14.6 Å². The Morgan fingerprint density at radius 3 is 3.06 bits per heavy atom. The largest absolute Gasteiger partial charge is 0.461 e. The fourth-order valence-corrected chi connectivity index (χ4v) is 1.35. The molecule has 0 aliphatic rings. The van der Waals surface area contributed by atoms with Crippen LogP contribution in [0.2, 0.25) is 0 Å².